The fraction of sp³-hybridized carbons (Fsp3) is 0.130. The molecule has 6 heteroatoms. The van der Waals surface area contributed by atoms with Gasteiger partial charge in [0.25, 0.3) is 0 Å². The van der Waals surface area contributed by atoms with Gasteiger partial charge in [-0.2, -0.15) is 0 Å². The van der Waals surface area contributed by atoms with Gasteiger partial charge >= 0.3 is 0 Å². The summed E-state index contributed by atoms with van der Waals surface area (Å²) >= 11 is 11.4. The summed E-state index contributed by atoms with van der Waals surface area (Å²) in [6.07, 6.45) is 0. The maximum absolute atomic E-state index is 11.8. The molecule has 0 aliphatic carbocycles. The Labute approximate surface area is 180 Å². The molecule has 3 aromatic rings. The van der Waals surface area contributed by atoms with Crippen LogP contribution in [0.4, 0.5) is 5.69 Å². The molecule has 3 aromatic carbocycles. The molecule has 1 fully saturated rings. The smallest absolute Gasteiger partial charge is 0.246 e. The van der Waals surface area contributed by atoms with E-state index in [0.717, 1.165) is 33.7 Å². The van der Waals surface area contributed by atoms with Gasteiger partial charge in [0.1, 0.15) is 18.9 Å². The van der Waals surface area contributed by atoms with Crippen LogP contribution in [0.3, 0.4) is 0 Å². The summed E-state index contributed by atoms with van der Waals surface area (Å²) in [4.78, 5) is 13.6. The molecule has 0 atom stereocenters. The van der Waals surface area contributed by atoms with E-state index in [9.17, 15) is 4.79 Å². The summed E-state index contributed by atoms with van der Waals surface area (Å²) < 4.78 is 6.24. The van der Waals surface area contributed by atoms with Crippen LogP contribution < -0.4 is 15.0 Å². The van der Waals surface area contributed by atoms with Gasteiger partial charge in [-0.1, -0.05) is 54.1 Å². The summed E-state index contributed by atoms with van der Waals surface area (Å²) in [7, 11) is 0. The molecule has 0 radical (unpaired) electrons. The predicted molar refractivity (Wildman–Crippen MR) is 120 cm³/mol. The molecule has 1 saturated heterocycles. The molecule has 1 aliphatic heterocycles. The van der Waals surface area contributed by atoms with Crippen molar-refractivity contribution in [2.24, 2.45) is 0 Å². The molecule has 29 heavy (non-hydrogen) atoms. The number of rotatable bonds is 5. The lowest BCUT2D eigenvalue weighted by atomic mass is 10.00. The molecule has 1 aliphatic rings. The van der Waals surface area contributed by atoms with Crippen LogP contribution in [0.25, 0.3) is 11.1 Å². The van der Waals surface area contributed by atoms with E-state index in [1.807, 2.05) is 73.7 Å². The number of nitrogens with one attached hydrogen (secondary N) is 1. The van der Waals surface area contributed by atoms with Crippen LogP contribution in [0, 0.1) is 6.92 Å². The van der Waals surface area contributed by atoms with Crippen LogP contribution in [0.2, 0.25) is 5.02 Å². The van der Waals surface area contributed by atoms with E-state index in [4.69, 9.17) is 28.6 Å². The Kier molecular flexibility index (Phi) is 5.51. The topological polar surface area (TPSA) is 41.6 Å². The predicted octanol–water partition coefficient (Wildman–Crippen LogP) is 5.12. The Bertz CT molecular complexity index is 1070. The van der Waals surface area contributed by atoms with Crippen molar-refractivity contribution in [1.29, 1.82) is 0 Å². The number of aryl methyl sites for hydroxylation is 1. The SMILES string of the molecule is Cc1cc(N2CC(=O)NC2=S)cc(-c2ccc(Cl)cc2)c1OCc1ccccc1. The minimum atomic E-state index is -0.106. The summed E-state index contributed by atoms with van der Waals surface area (Å²) in [5.74, 6) is 0.689. The van der Waals surface area contributed by atoms with Crippen LogP contribution in [-0.2, 0) is 11.4 Å². The third-order valence-corrected chi connectivity index (χ3v) is 5.32. The standard InChI is InChI=1S/C23H19ClN2O2S/c1-15-11-19(26-13-21(27)25-23(26)29)12-20(17-7-9-18(24)10-8-17)22(15)28-14-16-5-3-2-4-6-16/h2-12H,13-14H2,1H3,(H,25,27,29). The fourth-order valence-corrected chi connectivity index (χ4v) is 3.74. The normalized spacial score (nSPS) is 13.5. The fourth-order valence-electron chi connectivity index (χ4n) is 3.33. The first-order valence-corrected chi connectivity index (χ1v) is 9.98. The molecule has 1 heterocycles. The zero-order valence-corrected chi connectivity index (χ0v) is 17.4. The molecular weight excluding hydrogens is 404 g/mol. The van der Waals surface area contributed by atoms with E-state index < -0.39 is 0 Å². The van der Waals surface area contributed by atoms with E-state index in [0.29, 0.717) is 16.7 Å². The maximum Gasteiger partial charge on any atom is 0.246 e. The van der Waals surface area contributed by atoms with E-state index in [1.165, 1.54) is 0 Å². The van der Waals surface area contributed by atoms with E-state index in [1.54, 1.807) is 4.90 Å². The number of thiocarbonyl (C=S) groups is 1. The molecule has 0 bridgehead atoms. The zero-order valence-electron chi connectivity index (χ0n) is 15.8. The number of carbonyl (C=O) groups is 1. The Balaban J connectivity index is 1.75. The monoisotopic (exact) mass is 422 g/mol. The quantitative estimate of drug-likeness (QED) is 0.580. The molecule has 0 unspecified atom stereocenters. The number of hydrogen-bond acceptors (Lipinski definition) is 3. The second-order valence-electron chi connectivity index (χ2n) is 6.86. The third-order valence-electron chi connectivity index (χ3n) is 4.75. The maximum atomic E-state index is 11.8. The lowest BCUT2D eigenvalue weighted by Gasteiger charge is -2.21. The average molecular weight is 423 g/mol. The van der Waals surface area contributed by atoms with Gasteiger partial charge in [-0.3, -0.25) is 4.79 Å². The minimum absolute atomic E-state index is 0.106. The highest BCUT2D eigenvalue weighted by molar-refractivity contribution is 7.80. The van der Waals surface area contributed by atoms with Crippen molar-refractivity contribution in [3.8, 4) is 16.9 Å². The summed E-state index contributed by atoms with van der Waals surface area (Å²) in [6.45, 7) is 2.67. The van der Waals surface area contributed by atoms with Gasteiger partial charge in [-0.15, -0.1) is 0 Å². The third kappa shape index (κ3) is 4.26. The van der Waals surface area contributed by atoms with Crippen molar-refractivity contribution < 1.29 is 9.53 Å². The summed E-state index contributed by atoms with van der Waals surface area (Å²) in [6, 6.07) is 21.7. The van der Waals surface area contributed by atoms with E-state index in [2.05, 4.69) is 5.32 Å². The zero-order chi connectivity index (χ0) is 20.4. The number of carbonyl (C=O) groups excluding carboxylic acids is 1. The lowest BCUT2D eigenvalue weighted by molar-refractivity contribution is -0.117. The first kappa shape index (κ1) is 19.4. The van der Waals surface area contributed by atoms with Crippen molar-refractivity contribution in [3.05, 3.63) is 82.9 Å². The number of ether oxygens (including phenoxy) is 1. The second kappa shape index (κ2) is 8.23. The van der Waals surface area contributed by atoms with Crippen molar-refractivity contribution in [1.82, 2.24) is 5.32 Å². The summed E-state index contributed by atoms with van der Waals surface area (Å²) in [5.41, 5.74) is 4.81. The van der Waals surface area contributed by atoms with Crippen molar-refractivity contribution in [2.45, 2.75) is 13.5 Å². The van der Waals surface area contributed by atoms with Gasteiger partial charge < -0.3 is 15.0 Å². The van der Waals surface area contributed by atoms with E-state index >= 15 is 0 Å². The van der Waals surface area contributed by atoms with Gasteiger partial charge in [-0.25, -0.2) is 0 Å². The van der Waals surface area contributed by atoms with Crippen LogP contribution in [0.5, 0.6) is 5.75 Å². The van der Waals surface area contributed by atoms with Crippen LogP contribution in [0.15, 0.2) is 66.7 Å². The minimum Gasteiger partial charge on any atom is -0.488 e. The Morgan fingerprint density at radius 1 is 1.10 bits per heavy atom. The number of anilines is 1. The molecule has 4 rings (SSSR count). The van der Waals surface area contributed by atoms with Crippen molar-refractivity contribution in [2.75, 3.05) is 11.4 Å². The lowest BCUT2D eigenvalue weighted by Crippen LogP contribution is -2.27. The number of benzene rings is 3. The highest BCUT2D eigenvalue weighted by Crippen LogP contribution is 2.38. The number of nitrogens with zero attached hydrogens (tertiary/aromatic N) is 1. The van der Waals surface area contributed by atoms with Crippen molar-refractivity contribution >= 4 is 40.5 Å². The highest BCUT2D eigenvalue weighted by atomic mass is 35.5. The first-order chi connectivity index (χ1) is 14.0. The van der Waals surface area contributed by atoms with Gasteiger partial charge in [0.2, 0.25) is 5.91 Å². The number of hydrogen-bond donors (Lipinski definition) is 1. The Hall–Kier alpha value is -2.89. The molecule has 0 saturated carbocycles. The average Bonchev–Trinajstić information content (AvgIpc) is 3.06. The molecule has 0 spiro atoms. The van der Waals surface area contributed by atoms with Gasteiger partial charge in [-0.05, 0) is 60.1 Å². The van der Waals surface area contributed by atoms with Crippen LogP contribution in [-0.4, -0.2) is 17.6 Å². The van der Waals surface area contributed by atoms with Crippen molar-refractivity contribution in [3.63, 3.8) is 0 Å². The molecule has 0 aromatic heterocycles. The van der Waals surface area contributed by atoms with Crippen LogP contribution >= 0.6 is 23.8 Å². The molecule has 146 valence electrons. The molecule has 1 amide bonds. The largest absolute Gasteiger partial charge is 0.488 e. The summed E-state index contributed by atoms with van der Waals surface area (Å²) in [5, 5.41) is 3.76. The first-order valence-electron chi connectivity index (χ1n) is 9.20. The molecular formula is C23H19ClN2O2S. The molecule has 4 nitrogen and oxygen atoms in total. The van der Waals surface area contributed by atoms with Gasteiger partial charge in [0, 0.05) is 16.3 Å². The second-order valence-corrected chi connectivity index (χ2v) is 7.68. The highest BCUT2D eigenvalue weighted by Gasteiger charge is 2.26. The number of halogens is 1. The van der Waals surface area contributed by atoms with E-state index in [-0.39, 0.29) is 12.5 Å². The van der Waals surface area contributed by atoms with Gasteiger partial charge in [0.15, 0.2) is 5.11 Å². The Morgan fingerprint density at radius 3 is 2.48 bits per heavy atom. The van der Waals surface area contributed by atoms with Gasteiger partial charge in [0.05, 0.1) is 0 Å². The number of amides is 1. The van der Waals surface area contributed by atoms with Crippen LogP contribution in [0.1, 0.15) is 11.1 Å². The Morgan fingerprint density at radius 2 is 1.83 bits per heavy atom. The molecule has 1 N–H and O–H groups in total.